The smallest absolute Gasteiger partial charge is 0.236 e. The molecule has 1 rings (SSSR count). The topological polar surface area (TPSA) is 49.6 Å². The molecule has 1 amide bonds. The van der Waals surface area contributed by atoms with E-state index in [1.54, 1.807) is 4.90 Å². The van der Waals surface area contributed by atoms with E-state index in [1.165, 1.54) is 5.56 Å². The van der Waals surface area contributed by atoms with Gasteiger partial charge in [-0.1, -0.05) is 31.2 Å². The van der Waals surface area contributed by atoms with Crippen LogP contribution in [0.1, 0.15) is 25.0 Å². The van der Waals surface area contributed by atoms with E-state index in [2.05, 4.69) is 17.9 Å². The molecule has 0 aliphatic carbocycles. The Hall–Kier alpha value is -1.39. The lowest BCUT2D eigenvalue weighted by atomic mass is 10.1. The van der Waals surface area contributed by atoms with Gasteiger partial charge in [-0.3, -0.25) is 9.69 Å². The van der Waals surface area contributed by atoms with Crippen LogP contribution in [0.5, 0.6) is 0 Å². The Morgan fingerprint density at radius 1 is 1.16 bits per heavy atom. The molecule has 0 aromatic heterocycles. The van der Waals surface area contributed by atoms with Gasteiger partial charge in [0.1, 0.15) is 0 Å². The van der Waals surface area contributed by atoms with Gasteiger partial charge in [0.2, 0.25) is 5.91 Å². The van der Waals surface area contributed by atoms with Crippen LogP contribution in [0.2, 0.25) is 0 Å². The van der Waals surface area contributed by atoms with Crippen molar-refractivity contribution in [2.24, 2.45) is 5.73 Å². The number of likely N-dealkylation sites (N-methyl/N-ethyl adjacent to an activating group) is 2. The summed E-state index contributed by atoms with van der Waals surface area (Å²) in [6.45, 7) is 7.42. The Bertz CT molecular complexity index is 406. The molecule has 0 saturated heterocycles. The van der Waals surface area contributed by atoms with Crippen molar-refractivity contribution in [1.82, 2.24) is 9.80 Å². The van der Waals surface area contributed by atoms with Crippen molar-refractivity contribution >= 4 is 5.91 Å². The van der Waals surface area contributed by atoms with E-state index >= 15 is 0 Å². The first-order valence-electron chi connectivity index (χ1n) is 6.85. The third-order valence-electron chi connectivity index (χ3n) is 3.44. The maximum Gasteiger partial charge on any atom is 0.236 e. The molecular formula is C15H25N3O. The van der Waals surface area contributed by atoms with Gasteiger partial charge in [0.05, 0.1) is 6.54 Å². The first kappa shape index (κ1) is 15.7. The lowest BCUT2D eigenvalue weighted by molar-refractivity contribution is -0.131. The molecule has 0 heterocycles. The highest BCUT2D eigenvalue weighted by Gasteiger charge is 2.13. The van der Waals surface area contributed by atoms with E-state index in [0.29, 0.717) is 13.1 Å². The van der Waals surface area contributed by atoms with E-state index in [0.717, 1.165) is 25.2 Å². The van der Waals surface area contributed by atoms with Gasteiger partial charge in [-0.2, -0.15) is 0 Å². The van der Waals surface area contributed by atoms with Crippen molar-refractivity contribution in [1.29, 1.82) is 0 Å². The monoisotopic (exact) mass is 263 g/mol. The lowest BCUT2D eigenvalue weighted by Crippen LogP contribution is -2.38. The van der Waals surface area contributed by atoms with Gasteiger partial charge in [-0.05, 0) is 24.6 Å². The number of nitrogens with two attached hydrogens (primary N) is 1. The number of amides is 1. The van der Waals surface area contributed by atoms with Crippen molar-refractivity contribution < 1.29 is 4.79 Å². The van der Waals surface area contributed by atoms with Gasteiger partial charge in [0.15, 0.2) is 0 Å². The van der Waals surface area contributed by atoms with E-state index in [4.69, 9.17) is 5.73 Å². The summed E-state index contributed by atoms with van der Waals surface area (Å²) in [7, 11) is 1.84. The third-order valence-corrected chi connectivity index (χ3v) is 3.44. The summed E-state index contributed by atoms with van der Waals surface area (Å²) in [6.07, 6.45) is 0. The van der Waals surface area contributed by atoms with Gasteiger partial charge in [0.25, 0.3) is 0 Å². The quantitative estimate of drug-likeness (QED) is 0.810. The minimum atomic E-state index is 0.162. The average Bonchev–Trinajstić information content (AvgIpc) is 2.45. The minimum Gasteiger partial charge on any atom is -0.345 e. The SMILES string of the molecule is CCN(CC(=O)N(C)CC)Cc1ccccc1CN. The average molecular weight is 263 g/mol. The summed E-state index contributed by atoms with van der Waals surface area (Å²) in [5, 5.41) is 0. The van der Waals surface area contributed by atoms with Gasteiger partial charge in [-0.25, -0.2) is 0 Å². The molecule has 0 saturated carbocycles. The molecule has 0 fully saturated rings. The molecule has 0 bridgehead atoms. The van der Waals surface area contributed by atoms with Crippen LogP contribution < -0.4 is 5.73 Å². The van der Waals surface area contributed by atoms with Gasteiger partial charge < -0.3 is 10.6 Å². The summed E-state index contributed by atoms with van der Waals surface area (Å²) in [6, 6.07) is 8.14. The van der Waals surface area contributed by atoms with Crippen molar-refractivity contribution in [2.45, 2.75) is 26.9 Å². The van der Waals surface area contributed by atoms with Gasteiger partial charge in [0, 0.05) is 26.7 Å². The zero-order chi connectivity index (χ0) is 14.3. The number of carbonyl (C=O) groups excluding carboxylic acids is 1. The number of nitrogens with zero attached hydrogens (tertiary/aromatic N) is 2. The number of hydrogen-bond donors (Lipinski definition) is 1. The first-order chi connectivity index (χ1) is 9.12. The Labute approximate surface area is 116 Å². The highest BCUT2D eigenvalue weighted by Crippen LogP contribution is 2.11. The second-order valence-corrected chi connectivity index (χ2v) is 4.68. The van der Waals surface area contributed by atoms with E-state index < -0.39 is 0 Å². The normalized spacial score (nSPS) is 10.8. The molecular weight excluding hydrogens is 238 g/mol. The van der Waals surface area contributed by atoms with Crippen molar-refractivity contribution in [2.75, 3.05) is 26.7 Å². The van der Waals surface area contributed by atoms with Crippen LogP contribution in [0.15, 0.2) is 24.3 Å². The van der Waals surface area contributed by atoms with Crippen LogP contribution in [0, 0.1) is 0 Å². The van der Waals surface area contributed by atoms with Crippen LogP contribution in [-0.2, 0) is 17.9 Å². The molecule has 19 heavy (non-hydrogen) atoms. The zero-order valence-corrected chi connectivity index (χ0v) is 12.2. The fraction of sp³-hybridized carbons (Fsp3) is 0.533. The van der Waals surface area contributed by atoms with Crippen LogP contribution in [0.4, 0.5) is 0 Å². The summed E-state index contributed by atoms with van der Waals surface area (Å²) >= 11 is 0. The fourth-order valence-electron chi connectivity index (χ4n) is 1.92. The Morgan fingerprint density at radius 2 is 1.79 bits per heavy atom. The van der Waals surface area contributed by atoms with E-state index in [1.807, 2.05) is 32.2 Å². The number of rotatable bonds is 7. The van der Waals surface area contributed by atoms with E-state index in [-0.39, 0.29) is 5.91 Å². The maximum atomic E-state index is 11.9. The third kappa shape index (κ3) is 4.65. The highest BCUT2D eigenvalue weighted by molar-refractivity contribution is 5.77. The summed E-state index contributed by atoms with van der Waals surface area (Å²) in [5.41, 5.74) is 8.10. The molecule has 0 radical (unpaired) electrons. The molecule has 0 atom stereocenters. The molecule has 1 aromatic carbocycles. The molecule has 0 aliphatic heterocycles. The summed E-state index contributed by atoms with van der Waals surface area (Å²) in [5.74, 6) is 0.162. The van der Waals surface area contributed by atoms with Gasteiger partial charge >= 0.3 is 0 Å². The Balaban J connectivity index is 2.69. The van der Waals surface area contributed by atoms with Crippen LogP contribution in [-0.4, -0.2) is 42.4 Å². The molecule has 0 aliphatic rings. The van der Waals surface area contributed by atoms with Crippen LogP contribution in [0.3, 0.4) is 0 Å². The molecule has 2 N–H and O–H groups in total. The van der Waals surface area contributed by atoms with Gasteiger partial charge in [-0.15, -0.1) is 0 Å². The minimum absolute atomic E-state index is 0.162. The maximum absolute atomic E-state index is 11.9. The number of benzene rings is 1. The highest BCUT2D eigenvalue weighted by atomic mass is 16.2. The molecule has 106 valence electrons. The Kier molecular flexibility index (Phi) is 6.53. The molecule has 0 unspecified atom stereocenters. The fourth-order valence-corrected chi connectivity index (χ4v) is 1.92. The molecule has 4 heteroatoms. The molecule has 1 aromatic rings. The van der Waals surface area contributed by atoms with Crippen LogP contribution >= 0.6 is 0 Å². The summed E-state index contributed by atoms with van der Waals surface area (Å²) in [4.78, 5) is 15.8. The summed E-state index contributed by atoms with van der Waals surface area (Å²) < 4.78 is 0. The Morgan fingerprint density at radius 3 is 2.32 bits per heavy atom. The zero-order valence-electron chi connectivity index (χ0n) is 12.2. The van der Waals surface area contributed by atoms with Crippen molar-refractivity contribution in [3.05, 3.63) is 35.4 Å². The lowest BCUT2D eigenvalue weighted by Gasteiger charge is -2.24. The number of carbonyl (C=O) groups is 1. The largest absolute Gasteiger partial charge is 0.345 e. The van der Waals surface area contributed by atoms with Crippen molar-refractivity contribution in [3.63, 3.8) is 0 Å². The van der Waals surface area contributed by atoms with Crippen molar-refractivity contribution in [3.8, 4) is 0 Å². The first-order valence-corrected chi connectivity index (χ1v) is 6.85. The predicted molar refractivity (Wildman–Crippen MR) is 78.6 cm³/mol. The standard InChI is InChI=1S/C15H25N3O/c1-4-17(3)15(19)12-18(5-2)11-14-9-7-6-8-13(14)10-16/h6-9H,4-5,10-12,16H2,1-3H3. The predicted octanol–water partition coefficient (Wildman–Crippen LogP) is 1.45. The van der Waals surface area contributed by atoms with Crippen LogP contribution in [0.25, 0.3) is 0 Å². The number of hydrogen-bond acceptors (Lipinski definition) is 3. The molecule has 4 nitrogen and oxygen atoms in total. The second-order valence-electron chi connectivity index (χ2n) is 4.68. The van der Waals surface area contributed by atoms with E-state index in [9.17, 15) is 4.79 Å². The molecule has 0 spiro atoms. The second kappa shape index (κ2) is 7.92.